The second-order valence-electron chi connectivity index (χ2n) is 5.91. The standard InChI is InChI=1S/C19H12ClN3O3S/c1-19(11-25-14-6-3-12(10-21)4-7-14)17(24)23(18(27)26-19)13-5-8-16(22-2)15(20)9-13/h3-9H,11H2,1H3. The first-order valence-electron chi connectivity index (χ1n) is 7.75. The molecule has 0 saturated carbocycles. The Morgan fingerprint density at radius 1 is 1.37 bits per heavy atom. The van der Waals surface area contributed by atoms with Crippen LogP contribution < -0.4 is 9.64 Å². The van der Waals surface area contributed by atoms with E-state index in [0.29, 0.717) is 17.0 Å². The van der Waals surface area contributed by atoms with E-state index in [2.05, 4.69) is 4.85 Å². The van der Waals surface area contributed by atoms with Gasteiger partial charge >= 0.3 is 0 Å². The zero-order chi connectivity index (χ0) is 19.6. The predicted octanol–water partition coefficient (Wildman–Crippen LogP) is 4.25. The first-order chi connectivity index (χ1) is 12.9. The largest absolute Gasteiger partial charge is 0.489 e. The molecule has 0 aliphatic carbocycles. The van der Waals surface area contributed by atoms with Gasteiger partial charge in [-0.2, -0.15) is 5.26 Å². The lowest BCUT2D eigenvalue weighted by molar-refractivity contribution is -0.130. The van der Waals surface area contributed by atoms with Crippen molar-refractivity contribution in [1.29, 1.82) is 5.26 Å². The molecule has 0 radical (unpaired) electrons. The van der Waals surface area contributed by atoms with Crippen molar-refractivity contribution in [3.8, 4) is 11.8 Å². The molecule has 2 aromatic rings. The summed E-state index contributed by atoms with van der Waals surface area (Å²) in [5.74, 6) is 0.105. The van der Waals surface area contributed by atoms with Crippen molar-refractivity contribution in [2.75, 3.05) is 11.5 Å². The Hall–Kier alpha value is -3.13. The van der Waals surface area contributed by atoms with E-state index in [-0.39, 0.29) is 22.5 Å². The molecule has 8 heteroatoms. The van der Waals surface area contributed by atoms with Crippen molar-refractivity contribution < 1.29 is 14.3 Å². The molecule has 0 bridgehead atoms. The maximum atomic E-state index is 12.9. The first kappa shape index (κ1) is 18.7. The molecule has 134 valence electrons. The van der Waals surface area contributed by atoms with E-state index in [1.54, 1.807) is 37.3 Å². The van der Waals surface area contributed by atoms with Gasteiger partial charge in [-0.25, -0.2) is 9.74 Å². The molecule has 6 nitrogen and oxygen atoms in total. The Balaban J connectivity index is 1.78. The van der Waals surface area contributed by atoms with Crippen molar-refractivity contribution in [3.63, 3.8) is 0 Å². The molecule has 1 aliphatic heterocycles. The van der Waals surface area contributed by atoms with Crippen LogP contribution >= 0.6 is 23.8 Å². The van der Waals surface area contributed by atoms with Crippen LogP contribution in [0.3, 0.4) is 0 Å². The normalized spacial score (nSPS) is 18.6. The predicted molar refractivity (Wildman–Crippen MR) is 104 cm³/mol. The zero-order valence-corrected chi connectivity index (χ0v) is 15.7. The van der Waals surface area contributed by atoms with E-state index in [1.807, 2.05) is 6.07 Å². The third-order valence-corrected chi connectivity index (χ3v) is 4.53. The summed E-state index contributed by atoms with van der Waals surface area (Å²) in [5.41, 5.74) is -0.0974. The van der Waals surface area contributed by atoms with E-state index in [4.69, 9.17) is 45.1 Å². The van der Waals surface area contributed by atoms with Crippen LogP contribution in [0.15, 0.2) is 42.5 Å². The van der Waals surface area contributed by atoms with Crippen LogP contribution in [-0.2, 0) is 9.53 Å². The summed E-state index contributed by atoms with van der Waals surface area (Å²) in [6.07, 6.45) is 0. The summed E-state index contributed by atoms with van der Waals surface area (Å²) in [4.78, 5) is 17.4. The average molecular weight is 398 g/mol. The summed E-state index contributed by atoms with van der Waals surface area (Å²) in [7, 11) is 0. The zero-order valence-electron chi connectivity index (χ0n) is 14.1. The Labute approximate surface area is 166 Å². The monoisotopic (exact) mass is 397 g/mol. The van der Waals surface area contributed by atoms with Crippen LogP contribution in [0, 0.1) is 17.9 Å². The fraction of sp³-hybridized carbons (Fsp3) is 0.158. The summed E-state index contributed by atoms with van der Waals surface area (Å²) in [6.45, 7) is 8.56. The number of benzene rings is 2. The second-order valence-corrected chi connectivity index (χ2v) is 6.67. The summed E-state index contributed by atoms with van der Waals surface area (Å²) in [6, 6.07) is 13.1. The molecule has 1 saturated heterocycles. The second kappa shape index (κ2) is 7.24. The minimum atomic E-state index is -1.31. The molecule has 1 aliphatic rings. The van der Waals surface area contributed by atoms with Gasteiger partial charge in [-0.05, 0) is 55.5 Å². The molecule has 2 aromatic carbocycles. The fourth-order valence-corrected chi connectivity index (χ4v) is 3.08. The lowest BCUT2D eigenvalue weighted by atomic mass is 10.1. The quantitative estimate of drug-likeness (QED) is 0.570. The molecule has 0 spiro atoms. The Morgan fingerprint density at radius 3 is 2.67 bits per heavy atom. The van der Waals surface area contributed by atoms with Gasteiger partial charge in [0.15, 0.2) is 0 Å². The number of nitrogens with zero attached hydrogens (tertiary/aromatic N) is 3. The van der Waals surface area contributed by atoms with Crippen LogP contribution in [0.5, 0.6) is 5.75 Å². The highest BCUT2D eigenvalue weighted by atomic mass is 35.5. The highest BCUT2D eigenvalue weighted by molar-refractivity contribution is 7.80. The van der Waals surface area contributed by atoms with Gasteiger partial charge in [0.1, 0.15) is 12.4 Å². The molecule has 1 amide bonds. The maximum absolute atomic E-state index is 12.9. The van der Waals surface area contributed by atoms with Crippen LogP contribution in [0.2, 0.25) is 5.02 Å². The van der Waals surface area contributed by atoms with E-state index < -0.39 is 11.5 Å². The average Bonchev–Trinajstić information content (AvgIpc) is 2.89. The number of rotatable bonds is 4. The number of anilines is 1. The molecule has 27 heavy (non-hydrogen) atoms. The van der Waals surface area contributed by atoms with Crippen LogP contribution in [0.25, 0.3) is 4.85 Å². The van der Waals surface area contributed by atoms with E-state index in [1.165, 1.54) is 17.0 Å². The Kier molecular flexibility index (Phi) is 5.00. The lowest BCUT2D eigenvalue weighted by Gasteiger charge is -2.21. The molecule has 1 unspecified atom stereocenters. The fourth-order valence-electron chi connectivity index (χ4n) is 2.49. The van der Waals surface area contributed by atoms with Gasteiger partial charge in [0.05, 0.1) is 23.9 Å². The highest BCUT2D eigenvalue weighted by Gasteiger charge is 2.50. The number of carbonyl (C=O) groups excluding carboxylic acids is 1. The first-order valence-corrected chi connectivity index (χ1v) is 8.54. The summed E-state index contributed by atoms with van der Waals surface area (Å²) < 4.78 is 11.3. The number of ether oxygens (including phenoxy) is 2. The summed E-state index contributed by atoms with van der Waals surface area (Å²) in [5, 5.41) is 9.03. The topological polar surface area (TPSA) is 66.9 Å². The molecule has 1 heterocycles. The third kappa shape index (κ3) is 3.56. The van der Waals surface area contributed by atoms with E-state index in [9.17, 15) is 4.79 Å². The van der Waals surface area contributed by atoms with Crippen LogP contribution in [-0.4, -0.2) is 23.3 Å². The molecule has 1 atom stereocenters. The van der Waals surface area contributed by atoms with Crippen molar-refractivity contribution in [3.05, 3.63) is 64.5 Å². The lowest BCUT2D eigenvalue weighted by Crippen LogP contribution is -2.43. The number of hydrogen-bond acceptors (Lipinski definition) is 5. The molecule has 3 rings (SSSR count). The number of nitriles is 1. The van der Waals surface area contributed by atoms with Gasteiger partial charge in [0.2, 0.25) is 11.3 Å². The minimum Gasteiger partial charge on any atom is -0.489 e. The number of thiocarbonyl (C=S) groups is 1. The third-order valence-electron chi connectivity index (χ3n) is 3.96. The van der Waals surface area contributed by atoms with Gasteiger partial charge in [-0.15, -0.1) is 0 Å². The van der Waals surface area contributed by atoms with Crippen molar-refractivity contribution in [1.82, 2.24) is 0 Å². The summed E-state index contributed by atoms with van der Waals surface area (Å²) >= 11 is 11.3. The van der Waals surface area contributed by atoms with Gasteiger partial charge in [0.25, 0.3) is 11.1 Å². The smallest absolute Gasteiger partial charge is 0.282 e. The van der Waals surface area contributed by atoms with E-state index >= 15 is 0 Å². The highest BCUT2D eigenvalue weighted by Crippen LogP contribution is 2.35. The molecular weight excluding hydrogens is 386 g/mol. The van der Waals surface area contributed by atoms with E-state index in [0.717, 1.165) is 0 Å². The van der Waals surface area contributed by atoms with Crippen LogP contribution in [0.4, 0.5) is 11.4 Å². The van der Waals surface area contributed by atoms with Crippen molar-refractivity contribution >= 4 is 46.3 Å². The molecular formula is C19H12ClN3O3S. The van der Waals surface area contributed by atoms with Crippen molar-refractivity contribution in [2.45, 2.75) is 12.5 Å². The maximum Gasteiger partial charge on any atom is 0.282 e. The molecule has 1 fully saturated rings. The van der Waals surface area contributed by atoms with Crippen LogP contribution in [0.1, 0.15) is 12.5 Å². The number of carbonyl (C=O) groups is 1. The van der Waals surface area contributed by atoms with Gasteiger partial charge in [-0.3, -0.25) is 4.79 Å². The molecule has 0 aromatic heterocycles. The number of halogens is 1. The van der Waals surface area contributed by atoms with Gasteiger partial charge in [0, 0.05) is 5.02 Å². The number of hydrogen-bond donors (Lipinski definition) is 0. The Morgan fingerprint density at radius 2 is 2.07 bits per heavy atom. The van der Waals surface area contributed by atoms with Gasteiger partial charge < -0.3 is 9.47 Å². The Bertz CT molecular complexity index is 1010. The molecule has 0 N–H and O–H groups in total. The minimum absolute atomic E-state index is 0.0162. The van der Waals surface area contributed by atoms with Gasteiger partial charge in [-0.1, -0.05) is 17.7 Å². The SMILES string of the molecule is [C-]#[N+]c1ccc(N2C(=O)C(C)(COc3ccc(C#N)cc3)OC2=S)cc1Cl. The van der Waals surface area contributed by atoms with Crippen molar-refractivity contribution in [2.24, 2.45) is 0 Å². The number of amides is 1.